The van der Waals surface area contributed by atoms with Crippen LogP contribution in [0.15, 0.2) is 17.5 Å². The molecule has 0 radical (unpaired) electrons. The highest BCUT2D eigenvalue weighted by Gasteiger charge is 2.23. The molecule has 0 saturated carbocycles. The molecule has 1 fully saturated rings. The van der Waals surface area contributed by atoms with E-state index in [1.807, 2.05) is 0 Å². The predicted octanol–water partition coefficient (Wildman–Crippen LogP) is 2.99. The third-order valence-electron chi connectivity index (χ3n) is 2.09. The number of hydrogen-bond acceptors (Lipinski definition) is 2. The summed E-state index contributed by atoms with van der Waals surface area (Å²) in [6.07, 6.45) is 3.26. The summed E-state index contributed by atoms with van der Waals surface area (Å²) in [5, 5.41) is 2.11. The molecular weight excluding hydrogens is 156 g/mol. The van der Waals surface area contributed by atoms with Gasteiger partial charge in [0.05, 0.1) is 12.2 Å². The Morgan fingerprint density at radius 2 is 2.45 bits per heavy atom. The smallest absolute Gasteiger partial charge is 0.0921 e. The van der Waals surface area contributed by atoms with Gasteiger partial charge in [-0.1, -0.05) is 6.07 Å². The molecule has 2 heterocycles. The van der Waals surface area contributed by atoms with Gasteiger partial charge >= 0.3 is 0 Å². The van der Waals surface area contributed by atoms with Gasteiger partial charge in [0.1, 0.15) is 0 Å². The summed E-state index contributed by atoms with van der Waals surface area (Å²) >= 11 is 1.80. The maximum atomic E-state index is 5.72. The molecule has 0 aliphatic carbocycles. The van der Waals surface area contributed by atoms with E-state index in [0.29, 0.717) is 12.2 Å². The van der Waals surface area contributed by atoms with E-state index < -0.39 is 0 Å². The first kappa shape index (κ1) is 7.32. The Kier molecular flexibility index (Phi) is 1.96. The van der Waals surface area contributed by atoms with E-state index in [1.165, 1.54) is 17.7 Å². The molecular formula is C9H12OS. The fraction of sp³-hybridized carbons (Fsp3) is 0.556. The Morgan fingerprint density at radius 1 is 1.55 bits per heavy atom. The summed E-state index contributed by atoms with van der Waals surface area (Å²) in [5.41, 5.74) is 0. The normalized spacial score (nSPS) is 31.0. The van der Waals surface area contributed by atoms with E-state index in [9.17, 15) is 0 Å². The van der Waals surface area contributed by atoms with E-state index in [2.05, 4.69) is 24.4 Å². The van der Waals surface area contributed by atoms with Crippen molar-refractivity contribution in [3.05, 3.63) is 22.4 Å². The minimum absolute atomic E-state index is 0.394. The third kappa shape index (κ3) is 1.47. The summed E-state index contributed by atoms with van der Waals surface area (Å²) in [6, 6.07) is 4.25. The summed E-state index contributed by atoms with van der Waals surface area (Å²) in [7, 11) is 0. The van der Waals surface area contributed by atoms with Crippen LogP contribution in [0.2, 0.25) is 0 Å². The predicted molar refractivity (Wildman–Crippen MR) is 46.8 cm³/mol. The SMILES string of the molecule is C[C@@H]1CC[C@@H](c2cccs2)O1. The first-order valence-corrected chi connectivity index (χ1v) is 4.93. The fourth-order valence-electron chi connectivity index (χ4n) is 1.49. The number of thiophene rings is 1. The molecule has 1 aliphatic heterocycles. The lowest BCUT2D eigenvalue weighted by molar-refractivity contribution is 0.0576. The van der Waals surface area contributed by atoms with Gasteiger partial charge in [-0.2, -0.15) is 0 Å². The van der Waals surface area contributed by atoms with Crippen LogP contribution in [0.4, 0.5) is 0 Å². The third-order valence-corrected chi connectivity index (χ3v) is 3.06. The maximum Gasteiger partial charge on any atom is 0.0921 e. The van der Waals surface area contributed by atoms with Crippen LogP contribution in [0, 0.1) is 0 Å². The van der Waals surface area contributed by atoms with Gasteiger partial charge in [-0.25, -0.2) is 0 Å². The molecule has 2 rings (SSSR count). The molecule has 2 atom stereocenters. The molecule has 11 heavy (non-hydrogen) atoms. The monoisotopic (exact) mass is 168 g/mol. The van der Waals surface area contributed by atoms with Gasteiger partial charge in [-0.15, -0.1) is 11.3 Å². The summed E-state index contributed by atoms with van der Waals surface area (Å²) < 4.78 is 5.72. The lowest BCUT2D eigenvalue weighted by atomic mass is 10.2. The van der Waals surface area contributed by atoms with E-state index in [-0.39, 0.29) is 0 Å². The molecule has 1 nitrogen and oxygen atoms in total. The van der Waals surface area contributed by atoms with E-state index >= 15 is 0 Å². The molecule has 0 aromatic carbocycles. The highest BCUT2D eigenvalue weighted by atomic mass is 32.1. The standard InChI is InChI=1S/C9H12OS/c1-7-4-5-8(10-7)9-3-2-6-11-9/h2-3,6-8H,4-5H2,1H3/t7-,8+/m1/s1. The minimum Gasteiger partial charge on any atom is -0.370 e. The largest absolute Gasteiger partial charge is 0.370 e. The lowest BCUT2D eigenvalue weighted by Crippen LogP contribution is -1.98. The zero-order valence-electron chi connectivity index (χ0n) is 6.62. The number of hydrogen-bond donors (Lipinski definition) is 0. The second-order valence-electron chi connectivity index (χ2n) is 3.03. The first-order valence-electron chi connectivity index (χ1n) is 4.05. The molecule has 0 N–H and O–H groups in total. The van der Waals surface area contributed by atoms with Crippen LogP contribution in [0.1, 0.15) is 30.7 Å². The Labute approximate surface area is 71.0 Å². The van der Waals surface area contributed by atoms with Crippen molar-refractivity contribution in [2.45, 2.75) is 32.0 Å². The van der Waals surface area contributed by atoms with Gasteiger partial charge in [0.2, 0.25) is 0 Å². The molecule has 60 valence electrons. The number of ether oxygens (including phenoxy) is 1. The van der Waals surface area contributed by atoms with Crippen molar-refractivity contribution in [2.75, 3.05) is 0 Å². The average Bonchev–Trinajstić information content (AvgIpc) is 2.55. The van der Waals surface area contributed by atoms with Crippen molar-refractivity contribution in [3.63, 3.8) is 0 Å². The van der Waals surface area contributed by atoms with Gasteiger partial charge in [-0.05, 0) is 31.2 Å². The van der Waals surface area contributed by atoms with Crippen LogP contribution in [0.3, 0.4) is 0 Å². The molecule has 0 bridgehead atoms. The molecule has 0 spiro atoms. The topological polar surface area (TPSA) is 9.23 Å². The summed E-state index contributed by atoms with van der Waals surface area (Å²) in [5.74, 6) is 0. The van der Waals surface area contributed by atoms with Crippen molar-refractivity contribution in [1.29, 1.82) is 0 Å². The van der Waals surface area contributed by atoms with E-state index in [1.54, 1.807) is 11.3 Å². The average molecular weight is 168 g/mol. The van der Waals surface area contributed by atoms with Crippen LogP contribution >= 0.6 is 11.3 Å². The first-order chi connectivity index (χ1) is 5.36. The quantitative estimate of drug-likeness (QED) is 0.626. The number of rotatable bonds is 1. The van der Waals surface area contributed by atoms with Gasteiger partial charge < -0.3 is 4.74 Å². The summed E-state index contributed by atoms with van der Waals surface area (Å²) in [6.45, 7) is 2.15. The van der Waals surface area contributed by atoms with Gasteiger partial charge in [-0.3, -0.25) is 0 Å². The summed E-state index contributed by atoms with van der Waals surface area (Å²) in [4.78, 5) is 1.38. The molecule has 1 aromatic heterocycles. The maximum absolute atomic E-state index is 5.72. The van der Waals surface area contributed by atoms with Crippen molar-refractivity contribution in [1.82, 2.24) is 0 Å². The van der Waals surface area contributed by atoms with Crippen LogP contribution in [-0.4, -0.2) is 6.10 Å². The molecule has 0 unspecified atom stereocenters. The Hall–Kier alpha value is -0.340. The van der Waals surface area contributed by atoms with Crippen LogP contribution in [-0.2, 0) is 4.74 Å². The molecule has 2 heteroatoms. The van der Waals surface area contributed by atoms with Crippen LogP contribution in [0.5, 0.6) is 0 Å². The Bertz CT molecular complexity index is 217. The Balaban J connectivity index is 2.08. The van der Waals surface area contributed by atoms with Crippen LogP contribution < -0.4 is 0 Å². The zero-order chi connectivity index (χ0) is 7.68. The van der Waals surface area contributed by atoms with Gasteiger partial charge in [0.15, 0.2) is 0 Å². The van der Waals surface area contributed by atoms with E-state index in [4.69, 9.17) is 4.74 Å². The zero-order valence-corrected chi connectivity index (χ0v) is 7.43. The minimum atomic E-state index is 0.394. The van der Waals surface area contributed by atoms with Crippen molar-refractivity contribution < 1.29 is 4.74 Å². The van der Waals surface area contributed by atoms with Crippen molar-refractivity contribution in [3.8, 4) is 0 Å². The second kappa shape index (κ2) is 2.95. The van der Waals surface area contributed by atoms with E-state index in [0.717, 1.165) is 0 Å². The highest BCUT2D eigenvalue weighted by Crippen LogP contribution is 2.34. The van der Waals surface area contributed by atoms with Crippen molar-refractivity contribution >= 4 is 11.3 Å². The molecule has 1 aromatic rings. The fourth-order valence-corrected chi connectivity index (χ4v) is 2.28. The molecule has 0 amide bonds. The van der Waals surface area contributed by atoms with Gasteiger partial charge in [0, 0.05) is 4.88 Å². The van der Waals surface area contributed by atoms with Gasteiger partial charge in [0.25, 0.3) is 0 Å². The second-order valence-corrected chi connectivity index (χ2v) is 4.01. The highest BCUT2D eigenvalue weighted by molar-refractivity contribution is 7.10. The lowest BCUT2D eigenvalue weighted by Gasteiger charge is -2.07. The molecule has 1 saturated heterocycles. The van der Waals surface area contributed by atoms with Crippen LogP contribution in [0.25, 0.3) is 0 Å². The van der Waals surface area contributed by atoms with Crippen molar-refractivity contribution in [2.24, 2.45) is 0 Å². The molecule has 1 aliphatic rings. The Morgan fingerprint density at radius 3 is 3.00 bits per heavy atom.